The van der Waals surface area contributed by atoms with Gasteiger partial charge in [0, 0.05) is 17.8 Å². The molecular formula is C29H31N3O4. The molecule has 3 aromatic rings. The Morgan fingerprint density at radius 3 is 2.33 bits per heavy atom. The molecule has 186 valence electrons. The van der Waals surface area contributed by atoms with Crippen LogP contribution in [-0.4, -0.2) is 41.5 Å². The maximum absolute atomic E-state index is 13.7. The number of nitrogens with zero attached hydrogens (tertiary/aromatic N) is 1. The SMILES string of the molecule is C#Cc1ccccc1C(C(=O)Nc1ccc2ccccc2c1)N(CC)C(=O)CNC(=O)OC(C)(C)C. The minimum atomic E-state index is -1.01. The molecule has 0 aliphatic heterocycles. The molecule has 3 aromatic carbocycles. The van der Waals surface area contributed by atoms with Gasteiger partial charge in [0.15, 0.2) is 0 Å². The molecule has 0 fully saturated rings. The summed E-state index contributed by atoms with van der Waals surface area (Å²) in [7, 11) is 0. The average Bonchev–Trinajstić information content (AvgIpc) is 2.84. The number of amides is 3. The number of hydrogen-bond donors (Lipinski definition) is 2. The predicted molar refractivity (Wildman–Crippen MR) is 141 cm³/mol. The van der Waals surface area contributed by atoms with Gasteiger partial charge in [-0.3, -0.25) is 9.59 Å². The second-order valence-electron chi connectivity index (χ2n) is 9.22. The number of carbonyl (C=O) groups excluding carboxylic acids is 3. The summed E-state index contributed by atoms with van der Waals surface area (Å²) in [5.74, 6) is 1.74. The largest absolute Gasteiger partial charge is 0.444 e. The lowest BCUT2D eigenvalue weighted by molar-refractivity contribution is -0.138. The molecule has 1 atom stereocenters. The average molecular weight is 486 g/mol. The Balaban J connectivity index is 1.90. The van der Waals surface area contributed by atoms with Crippen LogP contribution in [0.25, 0.3) is 10.8 Å². The van der Waals surface area contributed by atoms with Gasteiger partial charge in [0.05, 0.1) is 0 Å². The van der Waals surface area contributed by atoms with E-state index < -0.39 is 29.6 Å². The molecule has 0 heterocycles. The first-order chi connectivity index (χ1) is 17.1. The van der Waals surface area contributed by atoms with Crippen molar-refractivity contribution < 1.29 is 19.1 Å². The Hall–Kier alpha value is -4.31. The van der Waals surface area contributed by atoms with Gasteiger partial charge in [0.25, 0.3) is 5.91 Å². The minimum absolute atomic E-state index is 0.212. The summed E-state index contributed by atoms with van der Waals surface area (Å²) < 4.78 is 5.22. The Bertz CT molecular complexity index is 1300. The van der Waals surface area contributed by atoms with Crippen molar-refractivity contribution in [2.75, 3.05) is 18.4 Å². The van der Waals surface area contributed by atoms with Gasteiger partial charge in [0.1, 0.15) is 18.2 Å². The van der Waals surface area contributed by atoms with E-state index in [9.17, 15) is 14.4 Å². The highest BCUT2D eigenvalue weighted by atomic mass is 16.6. The van der Waals surface area contributed by atoms with Crippen molar-refractivity contribution in [1.82, 2.24) is 10.2 Å². The highest BCUT2D eigenvalue weighted by Gasteiger charge is 2.32. The number of terminal acetylenes is 1. The molecule has 0 aliphatic rings. The van der Waals surface area contributed by atoms with Gasteiger partial charge >= 0.3 is 6.09 Å². The lowest BCUT2D eigenvalue weighted by Gasteiger charge is -2.31. The molecule has 3 rings (SSSR count). The number of likely N-dealkylation sites (N-methyl/N-ethyl adjacent to an activating group) is 1. The fraction of sp³-hybridized carbons (Fsp3) is 0.276. The molecule has 2 N–H and O–H groups in total. The van der Waals surface area contributed by atoms with Crippen LogP contribution in [-0.2, 0) is 14.3 Å². The van der Waals surface area contributed by atoms with Crippen LogP contribution in [0.4, 0.5) is 10.5 Å². The van der Waals surface area contributed by atoms with Crippen molar-refractivity contribution in [3.05, 3.63) is 77.9 Å². The summed E-state index contributed by atoms with van der Waals surface area (Å²) in [4.78, 5) is 40.4. The summed E-state index contributed by atoms with van der Waals surface area (Å²) in [6.07, 6.45) is 5.00. The molecule has 36 heavy (non-hydrogen) atoms. The standard InChI is InChI=1S/C29H31N3O4/c1-6-20-12-10-11-15-24(20)26(32(7-2)25(33)19-30-28(35)36-29(3,4)5)27(34)31-23-17-16-21-13-8-9-14-22(21)18-23/h1,8-18,26H,7,19H2,2-5H3,(H,30,35)(H,31,34). The molecule has 0 saturated carbocycles. The highest BCUT2D eigenvalue weighted by molar-refractivity contribution is 6.00. The number of ether oxygens (including phenoxy) is 1. The number of rotatable bonds is 7. The highest BCUT2D eigenvalue weighted by Crippen LogP contribution is 2.27. The molecule has 0 aromatic heterocycles. The molecule has 3 amide bonds. The van der Waals surface area contributed by atoms with E-state index in [-0.39, 0.29) is 13.1 Å². The smallest absolute Gasteiger partial charge is 0.408 e. The van der Waals surface area contributed by atoms with E-state index in [1.807, 2.05) is 42.5 Å². The van der Waals surface area contributed by atoms with Crippen molar-refractivity contribution in [2.24, 2.45) is 0 Å². The number of benzene rings is 3. The topological polar surface area (TPSA) is 87.7 Å². The van der Waals surface area contributed by atoms with Crippen molar-refractivity contribution in [3.8, 4) is 12.3 Å². The maximum atomic E-state index is 13.7. The predicted octanol–water partition coefficient (Wildman–Crippen LogP) is 4.87. The van der Waals surface area contributed by atoms with Crippen LogP contribution in [0.15, 0.2) is 66.7 Å². The lowest BCUT2D eigenvalue weighted by atomic mass is 9.98. The first kappa shape index (κ1) is 26.3. The molecule has 0 spiro atoms. The third-order valence-corrected chi connectivity index (χ3v) is 5.43. The van der Waals surface area contributed by atoms with Crippen molar-refractivity contribution in [3.63, 3.8) is 0 Å². The van der Waals surface area contributed by atoms with E-state index in [0.29, 0.717) is 16.8 Å². The molecule has 7 heteroatoms. The number of alkyl carbamates (subject to hydrolysis) is 1. The third kappa shape index (κ3) is 6.63. The van der Waals surface area contributed by atoms with Crippen molar-refractivity contribution in [1.29, 1.82) is 0 Å². The van der Waals surface area contributed by atoms with Gasteiger partial charge in [-0.1, -0.05) is 54.5 Å². The minimum Gasteiger partial charge on any atom is -0.444 e. The number of anilines is 1. The summed E-state index contributed by atoms with van der Waals surface area (Å²) in [5, 5.41) is 7.43. The number of fused-ring (bicyclic) bond motifs is 1. The number of hydrogen-bond acceptors (Lipinski definition) is 4. The van der Waals surface area contributed by atoms with Gasteiger partial charge in [-0.25, -0.2) is 4.79 Å². The summed E-state index contributed by atoms with van der Waals surface area (Å²) in [6, 6.07) is 19.4. The Morgan fingerprint density at radius 1 is 1.00 bits per heavy atom. The van der Waals surface area contributed by atoms with Gasteiger partial charge in [-0.2, -0.15) is 0 Å². The fourth-order valence-corrected chi connectivity index (χ4v) is 3.86. The number of carbonyl (C=O) groups is 3. The summed E-state index contributed by atoms with van der Waals surface area (Å²) in [6.45, 7) is 6.84. The monoisotopic (exact) mass is 485 g/mol. The van der Waals surface area contributed by atoms with E-state index >= 15 is 0 Å². The van der Waals surface area contributed by atoms with Gasteiger partial charge in [-0.15, -0.1) is 6.42 Å². The van der Waals surface area contributed by atoms with Crippen LogP contribution in [0.3, 0.4) is 0 Å². The molecule has 1 unspecified atom stereocenters. The molecule has 0 bridgehead atoms. The van der Waals surface area contributed by atoms with E-state index in [0.717, 1.165) is 10.8 Å². The van der Waals surface area contributed by atoms with Gasteiger partial charge < -0.3 is 20.3 Å². The van der Waals surface area contributed by atoms with Gasteiger partial charge in [-0.05, 0) is 62.2 Å². The zero-order valence-electron chi connectivity index (χ0n) is 21.0. The quantitative estimate of drug-likeness (QED) is 0.467. The van der Waals surface area contributed by atoms with Gasteiger partial charge in [0.2, 0.25) is 5.91 Å². The Labute approximate surface area is 211 Å². The van der Waals surface area contributed by atoms with Crippen LogP contribution >= 0.6 is 0 Å². The van der Waals surface area contributed by atoms with Crippen LogP contribution in [0.5, 0.6) is 0 Å². The Kier molecular flexibility index (Phi) is 8.34. The third-order valence-electron chi connectivity index (χ3n) is 5.43. The summed E-state index contributed by atoms with van der Waals surface area (Å²) in [5.41, 5.74) is 0.913. The van der Waals surface area contributed by atoms with Crippen LogP contribution in [0.2, 0.25) is 0 Å². The van der Waals surface area contributed by atoms with Crippen LogP contribution < -0.4 is 10.6 Å². The first-order valence-corrected chi connectivity index (χ1v) is 11.7. The zero-order valence-corrected chi connectivity index (χ0v) is 21.0. The fourth-order valence-electron chi connectivity index (χ4n) is 3.86. The van der Waals surface area contributed by atoms with E-state index in [1.54, 1.807) is 52.0 Å². The summed E-state index contributed by atoms with van der Waals surface area (Å²) >= 11 is 0. The zero-order chi connectivity index (χ0) is 26.3. The second-order valence-corrected chi connectivity index (χ2v) is 9.22. The normalized spacial score (nSPS) is 11.8. The number of nitrogens with one attached hydrogen (secondary N) is 2. The van der Waals surface area contributed by atoms with Crippen molar-refractivity contribution in [2.45, 2.75) is 39.3 Å². The van der Waals surface area contributed by atoms with Crippen LogP contribution in [0.1, 0.15) is 44.9 Å². The maximum Gasteiger partial charge on any atom is 0.408 e. The Morgan fingerprint density at radius 2 is 1.67 bits per heavy atom. The van der Waals surface area contributed by atoms with Crippen LogP contribution in [0, 0.1) is 12.3 Å². The van der Waals surface area contributed by atoms with E-state index in [2.05, 4.69) is 16.6 Å². The van der Waals surface area contributed by atoms with Crippen molar-refractivity contribution >= 4 is 34.4 Å². The molecule has 7 nitrogen and oxygen atoms in total. The molecule has 0 radical (unpaired) electrons. The van der Waals surface area contributed by atoms with E-state index in [1.165, 1.54) is 4.90 Å². The molecular weight excluding hydrogens is 454 g/mol. The lowest BCUT2D eigenvalue weighted by Crippen LogP contribution is -2.46. The molecule has 0 saturated heterocycles. The van der Waals surface area contributed by atoms with E-state index in [4.69, 9.17) is 11.2 Å². The first-order valence-electron chi connectivity index (χ1n) is 11.7. The molecule has 0 aliphatic carbocycles. The second kappa shape index (κ2) is 11.4.